The highest BCUT2D eigenvalue weighted by Crippen LogP contribution is 2.35. The van der Waals surface area contributed by atoms with Crippen LogP contribution in [0.15, 0.2) is 79.0 Å². The molecular weight excluding hydrogens is 431 g/mol. The number of alkyl halides is 3. The van der Waals surface area contributed by atoms with Crippen LogP contribution in [0.2, 0.25) is 0 Å². The minimum absolute atomic E-state index is 0.114. The summed E-state index contributed by atoms with van der Waals surface area (Å²) >= 11 is 0. The van der Waals surface area contributed by atoms with Crippen molar-refractivity contribution in [3.05, 3.63) is 90.1 Å². The molecule has 0 aliphatic rings. The largest absolute Gasteiger partial charge is 0.462 e. The van der Waals surface area contributed by atoms with E-state index in [9.17, 15) is 18.0 Å². The van der Waals surface area contributed by atoms with E-state index in [1.165, 1.54) is 12.3 Å². The zero-order chi connectivity index (χ0) is 23.4. The molecule has 33 heavy (non-hydrogen) atoms. The van der Waals surface area contributed by atoms with Crippen molar-refractivity contribution in [2.24, 2.45) is 0 Å². The third kappa shape index (κ3) is 5.06. The summed E-state index contributed by atoms with van der Waals surface area (Å²) in [7, 11) is 0. The van der Waals surface area contributed by atoms with Gasteiger partial charge in [0.2, 0.25) is 0 Å². The van der Waals surface area contributed by atoms with Gasteiger partial charge in [-0.05, 0) is 55.5 Å². The van der Waals surface area contributed by atoms with E-state index in [1.807, 2.05) is 42.5 Å². The number of aromatic nitrogens is 1. The molecule has 0 amide bonds. The van der Waals surface area contributed by atoms with Crippen LogP contribution in [0.25, 0.3) is 10.9 Å². The molecule has 168 valence electrons. The van der Waals surface area contributed by atoms with Crippen LogP contribution in [0, 0.1) is 0 Å². The predicted molar refractivity (Wildman–Crippen MR) is 122 cm³/mol. The van der Waals surface area contributed by atoms with Gasteiger partial charge in [-0.1, -0.05) is 24.3 Å². The number of carbonyl (C=O) groups is 1. The molecule has 3 aromatic carbocycles. The number of rotatable bonds is 6. The minimum Gasteiger partial charge on any atom is -0.462 e. The first-order valence-electron chi connectivity index (χ1n) is 10.2. The molecule has 0 aliphatic carbocycles. The van der Waals surface area contributed by atoms with Gasteiger partial charge >= 0.3 is 12.1 Å². The molecule has 2 N–H and O–H groups in total. The van der Waals surface area contributed by atoms with E-state index in [4.69, 9.17) is 4.74 Å². The van der Waals surface area contributed by atoms with Crippen molar-refractivity contribution in [2.45, 2.75) is 13.1 Å². The number of fused-ring (bicyclic) bond motifs is 1. The smallest absolute Gasteiger partial charge is 0.416 e. The lowest BCUT2D eigenvalue weighted by Gasteiger charge is -2.16. The van der Waals surface area contributed by atoms with Crippen molar-refractivity contribution in [1.29, 1.82) is 0 Å². The van der Waals surface area contributed by atoms with Gasteiger partial charge in [-0.25, -0.2) is 4.79 Å². The Kier molecular flexibility index (Phi) is 6.17. The van der Waals surface area contributed by atoms with Gasteiger partial charge in [-0.15, -0.1) is 0 Å². The average molecular weight is 451 g/mol. The van der Waals surface area contributed by atoms with E-state index in [2.05, 4.69) is 15.6 Å². The first-order valence-corrected chi connectivity index (χ1v) is 10.2. The Labute approximate surface area is 188 Å². The van der Waals surface area contributed by atoms with Crippen molar-refractivity contribution >= 4 is 39.6 Å². The van der Waals surface area contributed by atoms with Gasteiger partial charge in [0, 0.05) is 28.6 Å². The Morgan fingerprint density at radius 3 is 2.18 bits per heavy atom. The molecule has 0 spiro atoms. The maximum atomic E-state index is 13.1. The fourth-order valence-electron chi connectivity index (χ4n) is 3.34. The molecule has 0 unspecified atom stereocenters. The van der Waals surface area contributed by atoms with Crippen molar-refractivity contribution in [2.75, 3.05) is 17.2 Å². The normalized spacial score (nSPS) is 11.3. The Morgan fingerprint density at radius 1 is 0.909 bits per heavy atom. The highest BCUT2D eigenvalue weighted by molar-refractivity contribution is 6.06. The maximum Gasteiger partial charge on any atom is 0.416 e. The van der Waals surface area contributed by atoms with Gasteiger partial charge in [0.15, 0.2) is 0 Å². The van der Waals surface area contributed by atoms with Crippen molar-refractivity contribution in [3.8, 4) is 0 Å². The van der Waals surface area contributed by atoms with Gasteiger partial charge in [0.25, 0.3) is 0 Å². The Hall–Kier alpha value is -4.07. The highest BCUT2D eigenvalue weighted by atomic mass is 19.4. The van der Waals surface area contributed by atoms with Gasteiger partial charge in [0.1, 0.15) is 5.56 Å². The summed E-state index contributed by atoms with van der Waals surface area (Å²) in [6.07, 6.45) is -3.26. The third-order valence-corrected chi connectivity index (χ3v) is 4.91. The molecule has 0 saturated carbocycles. The molecule has 0 fully saturated rings. The molecule has 0 aliphatic heterocycles. The maximum absolute atomic E-state index is 13.1. The Bertz CT molecular complexity index is 1270. The summed E-state index contributed by atoms with van der Waals surface area (Å²) in [5.41, 5.74) is 2.20. The second kappa shape index (κ2) is 9.20. The molecule has 4 aromatic rings. The Balaban J connectivity index is 1.69. The van der Waals surface area contributed by atoms with Crippen LogP contribution in [0.4, 0.5) is 35.9 Å². The fraction of sp³-hybridized carbons (Fsp3) is 0.120. The van der Waals surface area contributed by atoms with Crippen LogP contribution in [0.3, 0.4) is 0 Å². The van der Waals surface area contributed by atoms with Crippen molar-refractivity contribution in [1.82, 2.24) is 4.98 Å². The van der Waals surface area contributed by atoms with Crippen LogP contribution in [0.5, 0.6) is 0 Å². The topological polar surface area (TPSA) is 63.2 Å². The van der Waals surface area contributed by atoms with Crippen molar-refractivity contribution in [3.63, 3.8) is 0 Å². The van der Waals surface area contributed by atoms with E-state index in [1.54, 1.807) is 19.1 Å². The van der Waals surface area contributed by atoms with Crippen LogP contribution < -0.4 is 10.6 Å². The fourth-order valence-corrected chi connectivity index (χ4v) is 3.34. The van der Waals surface area contributed by atoms with Crippen LogP contribution in [-0.2, 0) is 10.9 Å². The molecule has 1 aromatic heterocycles. The average Bonchev–Trinajstić information content (AvgIpc) is 2.80. The lowest BCUT2D eigenvalue weighted by Crippen LogP contribution is -2.10. The van der Waals surface area contributed by atoms with E-state index in [-0.39, 0.29) is 17.7 Å². The van der Waals surface area contributed by atoms with Gasteiger partial charge in [-0.3, -0.25) is 4.98 Å². The number of ether oxygens (including phenoxy) is 1. The number of hydrogen-bond donors (Lipinski definition) is 2. The van der Waals surface area contributed by atoms with E-state index in [0.717, 1.165) is 23.5 Å². The summed E-state index contributed by atoms with van der Waals surface area (Å²) in [4.78, 5) is 16.6. The van der Waals surface area contributed by atoms with Gasteiger partial charge < -0.3 is 15.4 Å². The standard InChI is InChI=1S/C25H20F3N3O2/c1-2-33-24(32)21-15-29-22-14-16(25(26,27)28)8-13-20(22)23(21)31-19-11-9-18(10-12-19)30-17-6-4-3-5-7-17/h3-15,30H,2H2,1H3,(H,29,31). The molecule has 1 heterocycles. The number of esters is 1. The number of hydrogen-bond acceptors (Lipinski definition) is 5. The van der Waals surface area contributed by atoms with Gasteiger partial charge in [-0.2, -0.15) is 13.2 Å². The number of para-hydroxylation sites is 1. The summed E-state index contributed by atoms with van der Waals surface area (Å²) in [5.74, 6) is -0.614. The van der Waals surface area contributed by atoms with Crippen LogP contribution in [-0.4, -0.2) is 17.6 Å². The monoisotopic (exact) mass is 451 g/mol. The van der Waals surface area contributed by atoms with Crippen molar-refractivity contribution < 1.29 is 22.7 Å². The second-order valence-corrected chi connectivity index (χ2v) is 7.19. The van der Waals surface area contributed by atoms with E-state index >= 15 is 0 Å². The summed E-state index contributed by atoms with van der Waals surface area (Å²) < 4.78 is 44.5. The summed E-state index contributed by atoms with van der Waals surface area (Å²) in [5, 5.41) is 6.80. The zero-order valence-corrected chi connectivity index (χ0v) is 17.6. The molecule has 4 rings (SSSR count). The summed E-state index contributed by atoms with van der Waals surface area (Å²) in [6, 6.07) is 20.2. The first kappa shape index (κ1) is 22.1. The molecule has 5 nitrogen and oxygen atoms in total. The lowest BCUT2D eigenvalue weighted by atomic mass is 10.1. The van der Waals surface area contributed by atoms with Gasteiger partial charge in [0.05, 0.1) is 23.4 Å². The molecule has 0 atom stereocenters. The molecule has 8 heteroatoms. The molecule has 0 saturated heterocycles. The quantitative estimate of drug-likeness (QED) is 0.312. The first-order chi connectivity index (χ1) is 15.8. The molecule has 0 bridgehead atoms. The number of halogens is 3. The predicted octanol–water partition coefficient (Wildman–Crippen LogP) is 6.92. The lowest BCUT2D eigenvalue weighted by molar-refractivity contribution is -0.137. The second-order valence-electron chi connectivity index (χ2n) is 7.19. The third-order valence-electron chi connectivity index (χ3n) is 4.91. The minimum atomic E-state index is -4.50. The number of nitrogens with zero attached hydrogens (tertiary/aromatic N) is 1. The molecular formula is C25H20F3N3O2. The Morgan fingerprint density at radius 2 is 1.55 bits per heavy atom. The molecule has 0 radical (unpaired) electrons. The van der Waals surface area contributed by atoms with Crippen LogP contribution in [0.1, 0.15) is 22.8 Å². The highest BCUT2D eigenvalue weighted by Gasteiger charge is 2.31. The number of nitrogens with one attached hydrogen (secondary N) is 2. The number of carbonyl (C=O) groups excluding carboxylic acids is 1. The van der Waals surface area contributed by atoms with E-state index < -0.39 is 17.7 Å². The number of benzene rings is 3. The number of anilines is 4. The van der Waals surface area contributed by atoms with E-state index in [0.29, 0.717) is 16.8 Å². The zero-order valence-electron chi connectivity index (χ0n) is 17.6. The SMILES string of the molecule is CCOC(=O)c1cnc2cc(C(F)(F)F)ccc2c1Nc1ccc(Nc2ccccc2)cc1. The number of pyridine rings is 1. The van der Waals surface area contributed by atoms with Crippen LogP contribution >= 0.6 is 0 Å². The summed E-state index contributed by atoms with van der Waals surface area (Å²) in [6.45, 7) is 1.83.